The van der Waals surface area contributed by atoms with E-state index in [4.69, 9.17) is 0 Å². The van der Waals surface area contributed by atoms with Crippen LogP contribution in [0, 0.1) is 0 Å². The summed E-state index contributed by atoms with van der Waals surface area (Å²) in [5.74, 6) is -0.963. The van der Waals surface area contributed by atoms with Crippen molar-refractivity contribution in [2.45, 2.75) is 51.9 Å². The first-order chi connectivity index (χ1) is 7.24. The maximum absolute atomic E-state index is 11.0. The molecule has 0 atom stereocenters. The predicted octanol–water partition coefficient (Wildman–Crippen LogP) is 2.75. The minimum absolute atomic E-state index is 0.450. The average molecular weight is 210 g/mol. The Labute approximate surface area is 90.5 Å². The van der Waals surface area contributed by atoms with E-state index in [-0.39, 0.29) is 0 Å². The number of rotatable bonds is 7. The van der Waals surface area contributed by atoms with E-state index >= 15 is 0 Å². The molecule has 0 aromatic carbocycles. The molecule has 0 radical (unpaired) electrons. The fourth-order valence-corrected chi connectivity index (χ4v) is 1.66. The summed E-state index contributed by atoms with van der Waals surface area (Å²) in [6, 6.07) is 0. The van der Waals surface area contributed by atoms with Crippen molar-refractivity contribution in [3.63, 3.8) is 0 Å². The molecule has 0 bridgehead atoms. The van der Waals surface area contributed by atoms with Crippen LogP contribution >= 0.6 is 0 Å². The Balaban J connectivity index is 2.08. The van der Waals surface area contributed by atoms with Gasteiger partial charge in [0.2, 0.25) is 0 Å². The minimum Gasteiger partial charge on any atom is -0.386 e. The zero-order valence-corrected chi connectivity index (χ0v) is 9.25. The van der Waals surface area contributed by atoms with E-state index in [2.05, 4.69) is 11.7 Å². The molecule has 0 aromatic rings. The van der Waals surface area contributed by atoms with Gasteiger partial charge in [-0.15, -0.1) is 0 Å². The second-order valence-corrected chi connectivity index (χ2v) is 3.90. The smallest absolute Gasteiger partial charge is 0.342 e. The van der Waals surface area contributed by atoms with E-state index in [0.29, 0.717) is 12.0 Å². The van der Waals surface area contributed by atoms with Gasteiger partial charge in [-0.1, -0.05) is 39.0 Å². The molecule has 3 nitrogen and oxygen atoms in total. The summed E-state index contributed by atoms with van der Waals surface area (Å²) in [7, 11) is 0. The van der Waals surface area contributed by atoms with E-state index in [1.807, 2.05) is 0 Å². The van der Waals surface area contributed by atoms with Crippen LogP contribution in [-0.2, 0) is 14.3 Å². The number of unbranched alkanes of at least 4 members (excludes halogenated alkanes) is 5. The zero-order valence-electron chi connectivity index (χ0n) is 9.25. The number of esters is 2. The number of cyclic esters (lactones) is 2. The maximum Gasteiger partial charge on any atom is 0.342 e. The summed E-state index contributed by atoms with van der Waals surface area (Å²) < 4.78 is 4.40. The molecular weight excluding hydrogens is 192 g/mol. The van der Waals surface area contributed by atoms with E-state index in [1.165, 1.54) is 31.8 Å². The van der Waals surface area contributed by atoms with Crippen molar-refractivity contribution >= 4 is 11.9 Å². The highest BCUT2D eigenvalue weighted by Gasteiger charge is 2.22. The molecule has 0 unspecified atom stereocenters. The lowest BCUT2D eigenvalue weighted by atomic mass is 10.1. The summed E-state index contributed by atoms with van der Waals surface area (Å²) in [5.41, 5.74) is 0.537. The van der Waals surface area contributed by atoms with Gasteiger partial charge in [0.25, 0.3) is 0 Å². The van der Waals surface area contributed by atoms with E-state index in [0.717, 1.165) is 12.8 Å². The fourth-order valence-electron chi connectivity index (χ4n) is 1.66. The van der Waals surface area contributed by atoms with Crippen LogP contribution in [0.4, 0.5) is 0 Å². The van der Waals surface area contributed by atoms with E-state index < -0.39 is 11.9 Å². The highest BCUT2D eigenvalue weighted by molar-refractivity contribution is 6.08. The van der Waals surface area contributed by atoms with Crippen molar-refractivity contribution in [2.24, 2.45) is 0 Å². The Morgan fingerprint density at radius 3 is 2.33 bits per heavy atom. The molecule has 1 rings (SSSR count). The Morgan fingerprint density at radius 1 is 1.07 bits per heavy atom. The van der Waals surface area contributed by atoms with Crippen LogP contribution in [-0.4, -0.2) is 11.9 Å². The normalized spacial score (nSPS) is 15.4. The molecule has 0 spiro atoms. The molecule has 0 aliphatic carbocycles. The number of carbonyl (C=O) groups excluding carboxylic acids is 2. The van der Waals surface area contributed by atoms with Gasteiger partial charge in [-0.3, -0.25) is 0 Å². The quantitative estimate of drug-likeness (QED) is 0.368. The van der Waals surface area contributed by atoms with Gasteiger partial charge in [-0.2, -0.15) is 0 Å². The highest BCUT2D eigenvalue weighted by atomic mass is 16.6. The van der Waals surface area contributed by atoms with Crippen LogP contribution in [0.3, 0.4) is 0 Å². The average Bonchev–Trinajstić information content (AvgIpc) is 2.51. The third-order valence-corrected chi connectivity index (χ3v) is 2.55. The van der Waals surface area contributed by atoms with Gasteiger partial charge in [0.05, 0.1) is 0 Å². The second-order valence-electron chi connectivity index (χ2n) is 3.90. The standard InChI is InChI=1S/C12H18O3/c1-2-3-4-5-6-7-8-10-9-11(13)15-12(10)14/h9H,2-8H2,1H3. The molecule has 0 amide bonds. The van der Waals surface area contributed by atoms with Crippen LogP contribution in [0.5, 0.6) is 0 Å². The van der Waals surface area contributed by atoms with Gasteiger partial charge in [0, 0.05) is 11.6 Å². The van der Waals surface area contributed by atoms with Gasteiger partial charge in [-0.25, -0.2) is 9.59 Å². The molecule has 1 aliphatic rings. The van der Waals surface area contributed by atoms with Crippen LogP contribution in [0.25, 0.3) is 0 Å². The molecular formula is C12H18O3. The van der Waals surface area contributed by atoms with Crippen LogP contribution in [0.15, 0.2) is 11.6 Å². The largest absolute Gasteiger partial charge is 0.386 e. The Morgan fingerprint density at radius 2 is 1.73 bits per heavy atom. The van der Waals surface area contributed by atoms with Gasteiger partial charge in [0.1, 0.15) is 0 Å². The van der Waals surface area contributed by atoms with Crippen molar-refractivity contribution in [1.82, 2.24) is 0 Å². The maximum atomic E-state index is 11.0. The highest BCUT2D eigenvalue weighted by Crippen LogP contribution is 2.16. The number of hydrogen-bond acceptors (Lipinski definition) is 3. The van der Waals surface area contributed by atoms with Crippen LogP contribution < -0.4 is 0 Å². The van der Waals surface area contributed by atoms with E-state index in [9.17, 15) is 9.59 Å². The molecule has 3 heteroatoms. The molecule has 1 aliphatic heterocycles. The molecule has 0 saturated heterocycles. The van der Waals surface area contributed by atoms with Crippen LogP contribution in [0.2, 0.25) is 0 Å². The van der Waals surface area contributed by atoms with Crippen molar-refractivity contribution in [2.75, 3.05) is 0 Å². The first-order valence-electron chi connectivity index (χ1n) is 5.70. The van der Waals surface area contributed by atoms with Gasteiger partial charge in [0.15, 0.2) is 0 Å². The monoisotopic (exact) mass is 210 g/mol. The molecule has 15 heavy (non-hydrogen) atoms. The Kier molecular flexibility index (Phi) is 5.08. The summed E-state index contributed by atoms with van der Waals surface area (Å²) in [6.07, 6.45) is 9.08. The molecule has 84 valence electrons. The topological polar surface area (TPSA) is 43.4 Å². The van der Waals surface area contributed by atoms with Crippen molar-refractivity contribution in [3.8, 4) is 0 Å². The third-order valence-electron chi connectivity index (χ3n) is 2.55. The Hall–Kier alpha value is -1.12. The lowest BCUT2D eigenvalue weighted by Gasteiger charge is -2.00. The van der Waals surface area contributed by atoms with Crippen LogP contribution in [0.1, 0.15) is 51.9 Å². The van der Waals surface area contributed by atoms with Crippen molar-refractivity contribution in [1.29, 1.82) is 0 Å². The predicted molar refractivity (Wildman–Crippen MR) is 57.2 cm³/mol. The first-order valence-corrected chi connectivity index (χ1v) is 5.70. The third kappa shape index (κ3) is 4.28. The van der Waals surface area contributed by atoms with Gasteiger partial charge in [-0.05, 0) is 12.8 Å². The molecule has 1 heterocycles. The second kappa shape index (κ2) is 6.38. The minimum atomic E-state index is -0.513. The molecule has 0 aromatic heterocycles. The van der Waals surface area contributed by atoms with E-state index in [1.54, 1.807) is 0 Å². The fraction of sp³-hybridized carbons (Fsp3) is 0.667. The number of hydrogen-bond donors (Lipinski definition) is 0. The zero-order chi connectivity index (χ0) is 11.1. The van der Waals surface area contributed by atoms with Crippen molar-refractivity contribution in [3.05, 3.63) is 11.6 Å². The molecule has 0 saturated carbocycles. The number of carbonyl (C=O) groups is 2. The lowest BCUT2D eigenvalue weighted by molar-refractivity contribution is -0.150. The number of ether oxygens (including phenoxy) is 1. The molecule has 0 N–H and O–H groups in total. The van der Waals surface area contributed by atoms with Crippen molar-refractivity contribution < 1.29 is 14.3 Å². The Bertz CT molecular complexity index is 266. The summed E-state index contributed by atoms with van der Waals surface area (Å²) in [5, 5.41) is 0. The van der Waals surface area contributed by atoms with Gasteiger partial charge < -0.3 is 4.74 Å². The first kappa shape index (κ1) is 12.0. The summed E-state index contributed by atoms with van der Waals surface area (Å²) in [6.45, 7) is 2.19. The lowest BCUT2D eigenvalue weighted by Crippen LogP contribution is -2.01. The molecule has 0 fully saturated rings. The summed E-state index contributed by atoms with van der Waals surface area (Å²) in [4.78, 5) is 21.8. The summed E-state index contributed by atoms with van der Waals surface area (Å²) >= 11 is 0. The van der Waals surface area contributed by atoms with Gasteiger partial charge >= 0.3 is 11.9 Å². The SMILES string of the molecule is CCCCCCCCC1=CC(=O)OC1=O.